The van der Waals surface area contributed by atoms with Crippen LogP contribution < -0.4 is 21.3 Å². The van der Waals surface area contributed by atoms with Crippen molar-refractivity contribution in [1.82, 2.24) is 25.8 Å². The van der Waals surface area contributed by atoms with Crippen LogP contribution in [-0.2, 0) is 36.5 Å². The Morgan fingerprint density at radius 2 is 1.37 bits per heavy atom. The van der Waals surface area contributed by atoms with E-state index >= 15 is 0 Å². The maximum Gasteiger partial charge on any atom is 0.416 e. The Morgan fingerprint density at radius 1 is 0.808 bits per heavy atom. The number of benzene rings is 2. The fraction of sp³-hybridized carbons (Fsp3) is 0.444. The third-order valence-corrected chi connectivity index (χ3v) is 7.00. The first-order valence-electron chi connectivity index (χ1n) is 16.5. The Bertz CT molecular complexity index is 1690. The number of anilines is 1. The summed E-state index contributed by atoms with van der Waals surface area (Å²) in [5, 5.41) is 11.0. The van der Waals surface area contributed by atoms with Crippen LogP contribution in [0.25, 0.3) is 10.9 Å². The normalized spacial score (nSPS) is 12.3. The van der Waals surface area contributed by atoms with E-state index in [1.54, 1.807) is 71.9 Å². The van der Waals surface area contributed by atoms with E-state index in [1.807, 2.05) is 0 Å². The van der Waals surface area contributed by atoms with E-state index in [0.29, 0.717) is 16.8 Å². The van der Waals surface area contributed by atoms with Gasteiger partial charge in [0.2, 0.25) is 17.7 Å². The summed E-state index contributed by atoms with van der Waals surface area (Å²) in [5.41, 5.74) is -1.09. The van der Waals surface area contributed by atoms with Gasteiger partial charge in [-0.15, -0.1) is 0 Å². The lowest BCUT2D eigenvalue weighted by atomic mass is 10.0. The van der Waals surface area contributed by atoms with Crippen LogP contribution in [0.15, 0.2) is 60.8 Å². The zero-order valence-electron chi connectivity index (χ0n) is 30.0. The number of ether oxygens (including phenoxy) is 2. The van der Waals surface area contributed by atoms with Crippen LogP contribution in [-0.4, -0.2) is 83.2 Å². The van der Waals surface area contributed by atoms with E-state index < -0.39 is 65.3 Å². The molecule has 3 rings (SSSR count). The molecular formula is C36H45F3N6O7. The van der Waals surface area contributed by atoms with Gasteiger partial charge in [0.25, 0.3) is 0 Å². The topological polar surface area (TPSA) is 168 Å². The Balaban J connectivity index is 1.75. The first kappa shape index (κ1) is 41.0. The SMILES string of the molecule is CC(C)(C)OC(=O)NCCN(CCNC(=O)OC(C)(C)C)C(=O)CC(=O)N[C@@H](Cc1ccc(C(F)(F)F)cc1)C(=O)Nc1cnc2ccccc2c1. The third kappa shape index (κ3) is 14.4. The number of nitrogens with zero attached hydrogens (tertiary/aromatic N) is 2. The molecule has 0 aliphatic rings. The number of pyridine rings is 1. The number of para-hydroxylation sites is 1. The quantitative estimate of drug-likeness (QED) is 0.174. The van der Waals surface area contributed by atoms with Crippen molar-refractivity contribution in [3.8, 4) is 0 Å². The van der Waals surface area contributed by atoms with Crippen LogP contribution in [0.3, 0.4) is 0 Å². The zero-order valence-corrected chi connectivity index (χ0v) is 30.0. The highest BCUT2D eigenvalue weighted by molar-refractivity contribution is 6.02. The van der Waals surface area contributed by atoms with E-state index in [4.69, 9.17) is 9.47 Å². The van der Waals surface area contributed by atoms with Gasteiger partial charge in [-0.2, -0.15) is 13.2 Å². The Labute approximate surface area is 300 Å². The lowest BCUT2D eigenvalue weighted by molar-refractivity contribution is -0.138. The molecule has 0 bridgehead atoms. The molecule has 4 N–H and O–H groups in total. The molecule has 2 aromatic carbocycles. The molecule has 16 heteroatoms. The van der Waals surface area contributed by atoms with Gasteiger partial charge >= 0.3 is 18.4 Å². The molecule has 0 saturated carbocycles. The number of aromatic nitrogens is 1. The van der Waals surface area contributed by atoms with Crippen LogP contribution in [0.4, 0.5) is 28.4 Å². The molecule has 3 aromatic rings. The Morgan fingerprint density at radius 3 is 1.90 bits per heavy atom. The molecule has 0 aliphatic heterocycles. The summed E-state index contributed by atoms with van der Waals surface area (Å²) in [4.78, 5) is 70.0. The minimum Gasteiger partial charge on any atom is -0.444 e. The van der Waals surface area contributed by atoms with Crippen LogP contribution in [0.1, 0.15) is 59.1 Å². The van der Waals surface area contributed by atoms with E-state index in [1.165, 1.54) is 23.2 Å². The molecule has 13 nitrogen and oxygen atoms in total. The molecule has 1 atom stereocenters. The fourth-order valence-electron chi connectivity index (χ4n) is 4.71. The highest BCUT2D eigenvalue weighted by Crippen LogP contribution is 2.29. The Hall–Kier alpha value is -5.41. The monoisotopic (exact) mass is 730 g/mol. The number of carbonyl (C=O) groups excluding carboxylic acids is 5. The van der Waals surface area contributed by atoms with Gasteiger partial charge in [0.05, 0.1) is 23.0 Å². The van der Waals surface area contributed by atoms with Crippen molar-refractivity contribution in [2.24, 2.45) is 0 Å². The number of hydrogen-bond donors (Lipinski definition) is 4. The summed E-state index contributed by atoms with van der Waals surface area (Å²) in [7, 11) is 0. The van der Waals surface area contributed by atoms with Crippen molar-refractivity contribution in [3.05, 3.63) is 71.9 Å². The number of fused-ring (bicyclic) bond motifs is 1. The van der Waals surface area contributed by atoms with Crippen molar-refractivity contribution in [2.75, 3.05) is 31.5 Å². The summed E-state index contributed by atoms with van der Waals surface area (Å²) in [6.07, 6.45) is -5.51. The summed E-state index contributed by atoms with van der Waals surface area (Å²) < 4.78 is 49.9. The highest BCUT2D eigenvalue weighted by atomic mass is 19.4. The second-order valence-electron chi connectivity index (χ2n) is 13.8. The molecule has 0 unspecified atom stereocenters. The van der Waals surface area contributed by atoms with Gasteiger partial charge in [0.15, 0.2) is 0 Å². The number of amides is 5. The van der Waals surface area contributed by atoms with Gasteiger partial charge in [-0.05, 0) is 71.4 Å². The van der Waals surface area contributed by atoms with Gasteiger partial charge in [0.1, 0.15) is 23.7 Å². The summed E-state index contributed by atoms with van der Waals surface area (Å²) in [6.45, 7) is 9.90. The summed E-state index contributed by atoms with van der Waals surface area (Å²) in [5.74, 6) is -2.24. The largest absolute Gasteiger partial charge is 0.444 e. The number of rotatable bonds is 13. The number of alkyl carbamates (subject to hydrolysis) is 2. The standard InChI is InChI=1S/C36H45F3N6O7/c1-34(2,3)51-32(49)40-15-17-45(18-16-41-33(50)52-35(4,5)6)30(47)21-29(46)44-28(19-23-11-13-25(14-12-23)36(37,38)39)31(48)43-26-20-24-9-7-8-10-27(24)42-22-26/h7-14,20,22,28H,15-19,21H2,1-6H3,(H,40,49)(H,41,50)(H,43,48)(H,44,46)/t28-/m0/s1. The maximum absolute atomic E-state index is 13.5. The van der Waals surface area contributed by atoms with Crippen molar-refractivity contribution < 1.29 is 46.6 Å². The number of alkyl halides is 3. The average molecular weight is 731 g/mol. The molecule has 1 heterocycles. The maximum atomic E-state index is 13.5. The number of carbonyl (C=O) groups is 5. The number of hydrogen-bond acceptors (Lipinski definition) is 8. The van der Waals surface area contributed by atoms with Crippen LogP contribution in [0, 0.1) is 0 Å². The van der Waals surface area contributed by atoms with Gasteiger partial charge in [-0.1, -0.05) is 30.3 Å². The van der Waals surface area contributed by atoms with Crippen LogP contribution in [0.2, 0.25) is 0 Å². The van der Waals surface area contributed by atoms with Crippen molar-refractivity contribution in [3.63, 3.8) is 0 Å². The lowest BCUT2D eigenvalue weighted by Crippen LogP contribution is -2.48. The molecule has 52 heavy (non-hydrogen) atoms. The third-order valence-electron chi connectivity index (χ3n) is 7.00. The minimum absolute atomic E-state index is 0.0482. The van der Waals surface area contributed by atoms with Gasteiger partial charge in [-0.3, -0.25) is 19.4 Å². The van der Waals surface area contributed by atoms with Crippen molar-refractivity contribution in [2.45, 2.75) is 77.8 Å². The van der Waals surface area contributed by atoms with Crippen LogP contribution >= 0.6 is 0 Å². The van der Waals surface area contributed by atoms with Gasteiger partial charge < -0.3 is 35.6 Å². The molecule has 0 spiro atoms. The zero-order chi connectivity index (χ0) is 38.7. The molecule has 282 valence electrons. The molecule has 0 radical (unpaired) electrons. The van der Waals surface area contributed by atoms with Crippen molar-refractivity contribution in [1.29, 1.82) is 0 Å². The first-order chi connectivity index (χ1) is 24.2. The molecule has 5 amide bonds. The average Bonchev–Trinajstić information content (AvgIpc) is 3.01. The second kappa shape index (κ2) is 17.7. The number of halogens is 3. The minimum atomic E-state index is -4.57. The van der Waals surface area contributed by atoms with Gasteiger partial charge in [0, 0.05) is 38.0 Å². The molecule has 1 aromatic heterocycles. The van der Waals surface area contributed by atoms with E-state index in [2.05, 4.69) is 26.3 Å². The van der Waals surface area contributed by atoms with Gasteiger partial charge in [-0.25, -0.2) is 9.59 Å². The van der Waals surface area contributed by atoms with E-state index in [0.717, 1.165) is 17.5 Å². The molecule has 0 saturated heterocycles. The summed E-state index contributed by atoms with van der Waals surface area (Å²) >= 11 is 0. The molecule has 0 aliphatic carbocycles. The number of nitrogens with one attached hydrogen (secondary N) is 4. The molecule has 0 fully saturated rings. The Kier molecular flexibility index (Phi) is 14.0. The smallest absolute Gasteiger partial charge is 0.416 e. The second-order valence-corrected chi connectivity index (χ2v) is 13.8. The summed E-state index contributed by atoms with van der Waals surface area (Å²) in [6, 6.07) is 11.7. The lowest BCUT2D eigenvalue weighted by Gasteiger charge is -2.25. The predicted molar refractivity (Wildman–Crippen MR) is 187 cm³/mol. The van der Waals surface area contributed by atoms with Crippen molar-refractivity contribution >= 4 is 46.5 Å². The fourth-order valence-corrected chi connectivity index (χ4v) is 4.71. The highest BCUT2D eigenvalue weighted by Gasteiger charge is 2.31. The van der Waals surface area contributed by atoms with Crippen LogP contribution in [0.5, 0.6) is 0 Å². The van der Waals surface area contributed by atoms with E-state index in [-0.39, 0.29) is 32.6 Å². The predicted octanol–water partition coefficient (Wildman–Crippen LogP) is 5.19. The first-order valence-corrected chi connectivity index (χ1v) is 16.5. The molecular weight excluding hydrogens is 685 g/mol. The van der Waals surface area contributed by atoms with E-state index in [9.17, 15) is 37.1 Å².